The van der Waals surface area contributed by atoms with Crippen LogP contribution in [0.2, 0.25) is 0 Å². The van der Waals surface area contributed by atoms with Crippen molar-refractivity contribution in [2.24, 2.45) is 0 Å². The number of hydrogen-bond acceptors (Lipinski definition) is 2. The third-order valence-electron chi connectivity index (χ3n) is 3.76. The second kappa shape index (κ2) is 7.05. The molecule has 0 radical (unpaired) electrons. The number of halogens is 1. The number of rotatable bonds is 5. The molecule has 0 aromatic heterocycles. The summed E-state index contributed by atoms with van der Waals surface area (Å²) in [4.78, 5) is 0.605. The van der Waals surface area contributed by atoms with E-state index in [4.69, 9.17) is 0 Å². The molecule has 5 heteroatoms. The highest BCUT2D eigenvalue weighted by atomic mass is 79.9. The van der Waals surface area contributed by atoms with E-state index >= 15 is 0 Å². The zero-order valence-electron chi connectivity index (χ0n) is 11.8. The molecule has 0 amide bonds. The van der Waals surface area contributed by atoms with Gasteiger partial charge in [0, 0.05) is 10.9 Å². The summed E-state index contributed by atoms with van der Waals surface area (Å²) < 4.78 is 27.6. The Labute approximate surface area is 130 Å². The Kier molecular flexibility index (Phi) is 5.64. The van der Waals surface area contributed by atoms with Gasteiger partial charge in [-0.3, -0.25) is 0 Å². The van der Waals surface area contributed by atoms with Crippen LogP contribution >= 0.6 is 15.9 Å². The van der Waals surface area contributed by atoms with E-state index in [0.717, 1.165) is 32.1 Å². The van der Waals surface area contributed by atoms with Crippen molar-refractivity contribution >= 4 is 26.0 Å². The number of alkyl halides is 1. The molecule has 1 fully saturated rings. The first-order chi connectivity index (χ1) is 9.53. The molecule has 1 N–H and O–H groups in total. The standard InChI is InChI=1S/C15H22BrNO2S/c1-2-5-12-8-10-13(11-9-12)20(18,19)17-15-7-4-3-6-14(15)16/h8-11,14-15,17H,2-7H2,1H3. The molecule has 20 heavy (non-hydrogen) atoms. The molecule has 2 atom stereocenters. The molecule has 0 aliphatic heterocycles. The zero-order chi connectivity index (χ0) is 14.6. The lowest BCUT2D eigenvalue weighted by molar-refractivity contribution is 0.427. The quantitative estimate of drug-likeness (QED) is 0.816. The molecule has 2 rings (SSSR count). The van der Waals surface area contributed by atoms with E-state index in [2.05, 4.69) is 27.6 Å². The predicted octanol–water partition coefficient (Wildman–Crippen LogP) is 3.62. The molecule has 0 saturated heterocycles. The van der Waals surface area contributed by atoms with Gasteiger partial charge < -0.3 is 0 Å². The van der Waals surface area contributed by atoms with Gasteiger partial charge in [-0.1, -0.05) is 54.2 Å². The monoisotopic (exact) mass is 359 g/mol. The van der Waals surface area contributed by atoms with Crippen molar-refractivity contribution in [3.63, 3.8) is 0 Å². The molecule has 1 aliphatic carbocycles. The molecule has 2 unspecified atom stereocenters. The lowest BCUT2D eigenvalue weighted by Gasteiger charge is -2.27. The van der Waals surface area contributed by atoms with Crippen molar-refractivity contribution in [1.82, 2.24) is 4.72 Å². The van der Waals surface area contributed by atoms with Gasteiger partial charge in [0.1, 0.15) is 0 Å². The minimum Gasteiger partial charge on any atom is -0.207 e. The van der Waals surface area contributed by atoms with Crippen LogP contribution in [0.3, 0.4) is 0 Å². The second-order valence-electron chi connectivity index (χ2n) is 5.42. The molecule has 112 valence electrons. The van der Waals surface area contributed by atoms with E-state index in [9.17, 15) is 8.42 Å². The van der Waals surface area contributed by atoms with Crippen LogP contribution in [0.1, 0.15) is 44.6 Å². The first-order valence-corrected chi connectivity index (χ1v) is 9.68. The third-order valence-corrected chi connectivity index (χ3v) is 6.36. The fourth-order valence-electron chi connectivity index (χ4n) is 2.61. The molecule has 1 saturated carbocycles. The highest BCUT2D eigenvalue weighted by molar-refractivity contribution is 9.09. The Morgan fingerprint density at radius 3 is 2.45 bits per heavy atom. The Morgan fingerprint density at radius 1 is 1.20 bits per heavy atom. The summed E-state index contributed by atoms with van der Waals surface area (Å²) in [5.74, 6) is 0. The van der Waals surface area contributed by atoms with E-state index in [1.807, 2.05) is 12.1 Å². The van der Waals surface area contributed by atoms with E-state index in [1.54, 1.807) is 12.1 Å². The van der Waals surface area contributed by atoms with Gasteiger partial charge >= 0.3 is 0 Å². The van der Waals surface area contributed by atoms with Crippen LogP contribution in [-0.4, -0.2) is 19.3 Å². The fourth-order valence-corrected chi connectivity index (χ4v) is 4.82. The SMILES string of the molecule is CCCc1ccc(S(=O)(=O)NC2CCCCC2Br)cc1. The average molecular weight is 360 g/mol. The van der Waals surface area contributed by atoms with Crippen molar-refractivity contribution in [3.8, 4) is 0 Å². The minimum absolute atomic E-state index is 0.00377. The number of sulfonamides is 1. The normalized spacial score (nSPS) is 23.7. The lowest BCUT2D eigenvalue weighted by Crippen LogP contribution is -2.42. The number of aryl methyl sites for hydroxylation is 1. The van der Waals surface area contributed by atoms with Gasteiger partial charge in [-0.2, -0.15) is 0 Å². The Morgan fingerprint density at radius 2 is 1.85 bits per heavy atom. The summed E-state index contributed by atoms with van der Waals surface area (Å²) in [5, 5.41) is 0. The molecule has 1 aromatic carbocycles. The van der Waals surface area contributed by atoms with Gasteiger partial charge in [-0.05, 0) is 37.0 Å². The Balaban J connectivity index is 2.09. The van der Waals surface area contributed by atoms with Crippen LogP contribution in [0.15, 0.2) is 29.2 Å². The Hall–Kier alpha value is -0.390. The largest absolute Gasteiger partial charge is 0.240 e. The molecular weight excluding hydrogens is 338 g/mol. The van der Waals surface area contributed by atoms with Crippen molar-refractivity contribution in [1.29, 1.82) is 0 Å². The van der Waals surface area contributed by atoms with Crippen LogP contribution in [0.4, 0.5) is 0 Å². The number of hydrogen-bond donors (Lipinski definition) is 1. The minimum atomic E-state index is -3.40. The van der Waals surface area contributed by atoms with E-state index < -0.39 is 10.0 Å². The van der Waals surface area contributed by atoms with E-state index in [-0.39, 0.29) is 10.9 Å². The van der Waals surface area contributed by atoms with Crippen molar-refractivity contribution in [2.45, 2.75) is 61.2 Å². The summed E-state index contributed by atoms with van der Waals surface area (Å²) in [6.07, 6.45) is 6.24. The lowest BCUT2D eigenvalue weighted by atomic mass is 9.96. The maximum atomic E-state index is 12.4. The number of benzene rings is 1. The maximum absolute atomic E-state index is 12.4. The second-order valence-corrected chi connectivity index (χ2v) is 8.31. The number of nitrogens with one attached hydrogen (secondary N) is 1. The highest BCUT2D eigenvalue weighted by Crippen LogP contribution is 2.26. The fraction of sp³-hybridized carbons (Fsp3) is 0.600. The van der Waals surface area contributed by atoms with Crippen LogP contribution in [0.5, 0.6) is 0 Å². The van der Waals surface area contributed by atoms with Gasteiger partial charge in [-0.25, -0.2) is 13.1 Å². The van der Waals surface area contributed by atoms with Gasteiger partial charge in [0.25, 0.3) is 0 Å². The zero-order valence-corrected chi connectivity index (χ0v) is 14.2. The topological polar surface area (TPSA) is 46.2 Å². The molecule has 1 aliphatic rings. The molecule has 3 nitrogen and oxygen atoms in total. The van der Waals surface area contributed by atoms with Gasteiger partial charge in [-0.15, -0.1) is 0 Å². The van der Waals surface area contributed by atoms with Crippen LogP contribution in [0, 0.1) is 0 Å². The summed E-state index contributed by atoms with van der Waals surface area (Å²) in [6.45, 7) is 2.12. The summed E-state index contributed by atoms with van der Waals surface area (Å²) in [7, 11) is -3.40. The van der Waals surface area contributed by atoms with Crippen molar-refractivity contribution < 1.29 is 8.42 Å². The average Bonchev–Trinajstić information content (AvgIpc) is 2.42. The summed E-state index contributed by atoms with van der Waals surface area (Å²) >= 11 is 3.59. The van der Waals surface area contributed by atoms with E-state index in [0.29, 0.717) is 4.90 Å². The molecule has 0 bridgehead atoms. The van der Waals surface area contributed by atoms with Gasteiger partial charge in [0.05, 0.1) is 4.90 Å². The molecular formula is C15H22BrNO2S. The summed E-state index contributed by atoms with van der Waals surface area (Å²) in [5.41, 5.74) is 1.18. The van der Waals surface area contributed by atoms with Crippen molar-refractivity contribution in [2.75, 3.05) is 0 Å². The third kappa shape index (κ3) is 4.06. The highest BCUT2D eigenvalue weighted by Gasteiger charge is 2.27. The van der Waals surface area contributed by atoms with Crippen LogP contribution in [0.25, 0.3) is 0 Å². The first-order valence-electron chi connectivity index (χ1n) is 7.28. The van der Waals surface area contributed by atoms with Gasteiger partial charge in [0.2, 0.25) is 10.0 Å². The predicted molar refractivity (Wildman–Crippen MR) is 85.7 cm³/mol. The molecule has 0 spiro atoms. The summed E-state index contributed by atoms with van der Waals surface area (Å²) in [6, 6.07) is 7.23. The van der Waals surface area contributed by atoms with Gasteiger partial charge in [0.15, 0.2) is 0 Å². The maximum Gasteiger partial charge on any atom is 0.240 e. The smallest absolute Gasteiger partial charge is 0.207 e. The van der Waals surface area contributed by atoms with Crippen molar-refractivity contribution in [3.05, 3.63) is 29.8 Å². The van der Waals surface area contributed by atoms with Crippen LogP contribution in [-0.2, 0) is 16.4 Å². The molecule has 0 heterocycles. The Bertz CT molecular complexity index is 527. The van der Waals surface area contributed by atoms with E-state index in [1.165, 1.54) is 12.0 Å². The first kappa shape index (κ1) is 16.0. The molecule has 1 aromatic rings. The van der Waals surface area contributed by atoms with Crippen LogP contribution < -0.4 is 4.72 Å².